The Bertz CT molecular complexity index is 3480. The maximum absolute atomic E-state index is 5.80. The van der Waals surface area contributed by atoms with Crippen molar-refractivity contribution in [3.05, 3.63) is 214 Å². The van der Waals surface area contributed by atoms with Crippen LogP contribution in [0.2, 0.25) is 0 Å². The highest BCUT2D eigenvalue weighted by atomic mass is 15.2. The van der Waals surface area contributed by atoms with Gasteiger partial charge >= 0.3 is 0 Å². The highest BCUT2D eigenvalue weighted by molar-refractivity contribution is 6.54. The molecule has 0 unspecified atom stereocenters. The zero-order valence-corrected chi connectivity index (χ0v) is 43.5. The molecule has 352 valence electrons. The van der Waals surface area contributed by atoms with Gasteiger partial charge in [0, 0.05) is 55.2 Å². The topological polar surface area (TPSA) is 34.6 Å². The molecule has 12 rings (SSSR count). The number of aromatic nitrogens is 2. The maximum Gasteiger partial charge on any atom is 0.204 e. The summed E-state index contributed by atoms with van der Waals surface area (Å²) in [4.78, 5) is 11.6. The fourth-order valence-corrected chi connectivity index (χ4v) is 11.3. The average Bonchev–Trinajstić information content (AvgIpc) is 4.07. The fraction of sp³-hybridized carbons (Fsp3) is 0.254. The summed E-state index contributed by atoms with van der Waals surface area (Å²) < 4.78 is 4.87. The zero-order chi connectivity index (χ0) is 49.6. The van der Waals surface area contributed by atoms with Gasteiger partial charge in [-0.2, -0.15) is 0 Å². The van der Waals surface area contributed by atoms with Crippen LogP contribution in [0.4, 0.5) is 0 Å². The summed E-state index contributed by atoms with van der Waals surface area (Å²) in [5.74, 6) is 0. The molecule has 1 aliphatic heterocycles. The molecule has 0 bridgehead atoms. The molecule has 0 N–H and O–H groups in total. The lowest BCUT2D eigenvalue weighted by Crippen LogP contribution is -2.17. The Morgan fingerprint density at radius 3 is 0.887 bits per heavy atom. The fourth-order valence-electron chi connectivity index (χ4n) is 11.3. The SMILES string of the molecule is CC(C)(C)c1ccc2c(c1)c1cc(C(C)(C)C)ccc1n2-c1ccc(C2=NC3(N=C2c2ccc(-n4c5ccc(C(C)(C)C)cc5c5cc(C(C)(C)C)ccc54)cc2)c2ccccc2-c2ccccc23)cc1. The van der Waals surface area contributed by atoms with E-state index in [1.54, 1.807) is 0 Å². The summed E-state index contributed by atoms with van der Waals surface area (Å²) in [6.07, 6.45) is 0. The number of benzene rings is 8. The number of hydrogen-bond acceptors (Lipinski definition) is 2. The van der Waals surface area contributed by atoms with Gasteiger partial charge in [0.2, 0.25) is 5.66 Å². The molecule has 4 heteroatoms. The lowest BCUT2D eigenvalue weighted by Gasteiger charge is -2.20. The summed E-state index contributed by atoms with van der Waals surface area (Å²) >= 11 is 0. The van der Waals surface area contributed by atoms with Crippen molar-refractivity contribution in [2.75, 3.05) is 0 Å². The summed E-state index contributed by atoms with van der Waals surface area (Å²) in [6, 6.07) is 63.6. The predicted octanol–water partition coefficient (Wildman–Crippen LogP) is 17.2. The minimum absolute atomic E-state index is 0.0309. The van der Waals surface area contributed by atoms with Gasteiger partial charge in [-0.25, -0.2) is 9.98 Å². The van der Waals surface area contributed by atoms with E-state index in [0.29, 0.717) is 0 Å². The Morgan fingerprint density at radius 2 is 0.606 bits per heavy atom. The van der Waals surface area contributed by atoms with Crippen molar-refractivity contribution in [2.24, 2.45) is 9.98 Å². The third-order valence-corrected chi connectivity index (χ3v) is 15.5. The van der Waals surface area contributed by atoms with Crippen molar-refractivity contribution in [3.63, 3.8) is 0 Å². The first-order valence-electron chi connectivity index (χ1n) is 25.5. The van der Waals surface area contributed by atoms with Crippen LogP contribution in [0, 0.1) is 0 Å². The molecule has 8 aromatic carbocycles. The largest absolute Gasteiger partial charge is 0.309 e. The molecular formula is C67H64N4. The van der Waals surface area contributed by atoms with Gasteiger partial charge in [-0.05, 0) is 128 Å². The molecule has 1 spiro atoms. The van der Waals surface area contributed by atoms with E-state index in [4.69, 9.17) is 9.98 Å². The third kappa shape index (κ3) is 7.08. The highest BCUT2D eigenvalue weighted by Crippen LogP contribution is 2.53. The van der Waals surface area contributed by atoms with E-state index in [9.17, 15) is 0 Å². The first-order chi connectivity index (χ1) is 33.7. The number of nitrogens with zero attached hydrogens (tertiary/aromatic N) is 4. The molecule has 0 amide bonds. The Kier molecular flexibility index (Phi) is 9.70. The molecule has 2 aromatic heterocycles. The van der Waals surface area contributed by atoms with Crippen LogP contribution in [-0.4, -0.2) is 20.6 Å². The maximum atomic E-state index is 5.80. The number of rotatable bonds is 4. The summed E-state index contributed by atoms with van der Waals surface area (Å²) in [7, 11) is 0. The van der Waals surface area contributed by atoms with Crippen molar-refractivity contribution in [3.8, 4) is 22.5 Å². The van der Waals surface area contributed by atoms with E-state index in [1.807, 2.05) is 0 Å². The van der Waals surface area contributed by atoms with Crippen LogP contribution in [0.1, 0.15) is 128 Å². The van der Waals surface area contributed by atoms with Gasteiger partial charge in [-0.3, -0.25) is 0 Å². The molecule has 3 heterocycles. The van der Waals surface area contributed by atoms with Crippen LogP contribution in [0.3, 0.4) is 0 Å². The van der Waals surface area contributed by atoms with E-state index in [-0.39, 0.29) is 21.7 Å². The van der Waals surface area contributed by atoms with Gasteiger partial charge in [0.25, 0.3) is 0 Å². The van der Waals surface area contributed by atoms with Crippen LogP contribution >= 0.6 is 0 Å². The van der Waals surface area contributed by atoms with Crippen molar-refractivity contribution < 1.29 is 0 Å². The smallest absolute Gasteiger partial charge is 0.204 e. The molecule has 1 aliphatic carbocycles. The van der Waals surface area contributed by atoms with Crippen LogP contribution in [-0.2, 0) is 27.3 Å². The molecule has 0 saturated heterocycles. The van der Waals surface area contributed by atoms with E-state index >= 15 is 0 Å². The normalized spacial score (nSPS) is 14.8. The number of aliphatic imine (C=N–C) groups is 2. The molecular weight excluding hydrogens is 861 g/mol. The Morgan fingerprint density at radius 1 is 0.324 bits per heavy atom. The molecule has 0 radical (unpaired) electrons. The van der Waals surface area contributed by atoms with Gasteiger partial charge in [0.05, 0.1) is 33.5 Å². The monoisotopic (exact) mass is 925 g/mol. The van der Waals surface area contributed by atoms with E-state index in [0.717, 1.165) is 45.1 Å². The lowest BCUT2D eigenvalue weighted by molar-refractivity contribution is 0.590. The second kappa shape index (κ2) is 15.3. The highest BCUT2D eigenvalue weighted by Gasteiger charge is 2.47. The van der Waals surface area contributed by atoms with Gasteiger partial charge in [-0.1, -0.05) is 180 Å². The minimum Gasteiger partial charge on any atom is -0.309 e. The third-order valence-electron chi connectivity index (χ3n) is 15.5. The Hall–Kier alpha value is -7.30. The molecule has 0 saturated carbocycles. The predicted molar refractivity (Wildman–Crippen MR) is 302 cm³/mol. The van der Waals surface area contributed by atoms with Crippen LogP contribution in [0.25, 0.3) is 66.1 Å². The van der Waals surface area contributed by atoms with E-state index < -0.39 is 5.66 Å². The van der Waals surface area contributed by atoms with Crippen molar-refractivity contribution in [1.82, 2.24) is 9.13 Å². The van der Waals surface area contributed by atoms with Crippen molar-refractivity contribution >= 4 is 55.0 Å². The average molecular weight is 925 g/mol. The second-order valence-corrected chi connectivity index (χ2v) is 24.4. The minimum atomic E-state index is -0.903. The first-order valence-corrected chi connectivity index (χ1v) is 25.5. The molecule has 71 heavy (non-hydrogen) atoms. The molecule has 0 atom stereocenters. The quantitative estimate of drug-likeness (QED) is 0.169. The van der Waals surface area contributed by atoms with Crippen LogP contribution in [0.5, 0.6) is 0 Å². The van der Waals surface area contributed by atoms with Gasteiger partial charge in [0.15, 0.2) is 0 Å². The Balaban J connectivity index is 1.01. The summed E-state index contributed by atoms with van der Waals surface area (Å²) in [5.41, 5.74) is 20.1. The summed E-state index contributed by atoms with van der Waals surface area (Å²) in [6.45, 7) is 27.6. The number of fused-ring (bicyclic) bond motifs is 11. The zero-order valence-electron chi connectivity index (χ0n) is 43.5. The first kappa shape index (κ1) is 44.9. The number of hydrogen-bond donors (Lipinski definition) is 0. The molecule has 10 aromatic rings. The standard InChI is InChI=1S/C67H64N4/c1-63(2,3)43-25-33-57-51(37-43)52-38-44(64(4,5)6)26-34-58(52)70(57)47-29-21-41(22-30-47)61-62(69-67(68-61)55-19-15-13-17-49(55)50-18-14-16-20-56(50)67)42-23-31-48(32-24-42)71-59-35-27-45(65(7,8)9)39-53(59)54-40-46(66(10,11)12)28-36-60(54)71/h13-40H,1-12H3. The van der Waals surface area contributed by atoms with Gasteiger partial charge < -0.3 is 9.13 Å². The summed E-state index contributed by atoms with van der Waals surface area (Å²) in [5, 5.41) is 5.13. The molecule has 2 aliphatic rings. The van der Waals surface area contributed by atoms with Crippen molar-refractivity contribution in [1.29, 1.82) is 0 Å². The van der Waals surface area contributed by atoms with Crippen molar-refractivity contribution in [2.45, 2.75) is 110 Å². The van der Waals surface area contributed by atoms with Gasteiger partial charge in [0.1, 0.15) is 0 Å². The van der Waals surface area contributed by atoms with E-state index in [1.165, 1.54) is 77.0 Å². The molecule has 0 fully saturated rings. The van der Waals surface area contributed by atoms with Crippen LogP contribution in [0.15, 0.2) is 180 Å². The molecule has 4 nitrogen and oxygen atoms in total. The lowest BCUT2D eigenvalue weighted by atomic mass is 9.85. The van der Waals surface area contributed by atoms with Gasteiger partial charge in [-0.15, -0.1) is 0 Å². The Labute approximate surface area is 419 Å². The van der Waals surface area contributed by atoms with Crippen LogP contribution < -0.4 is 0 Å². The second-order valence-electron chi connectivity index (χ2n) is 24.4. The van der Waals surface area contributed by atoms with E-state index in [2.05, 4.69) is 262 Å².